The highest BCUT2D eigenvalue weighted by atomic mass is 19.1. The Bertz CT molecular complexity index is 1150. The van der Waals surface area contributed by atoms with E-state index in [4.69, 9.17) is 0 Å². The van der Waals surface area contributed by atoms with Crippen molar-refractivity contribution >= 4 is 29.7 Å². The van der Waals surface area contributed by atoms with Crippen LogP contribution in [0.2, 0.25) is 0 Å². The Morgan fingerprint density at radius 2 is 1.48 bits per heavy atom. The number of benzene rings is 3. The lowest BCUT2D eigenvalue weighted by Crippen LogP contribution is -2.09. The number of nitrogens with zero attached hydrogens (tertiary/aromatic N) is 4. The smallest absolute Gasteiger partial charge is 0.250 e. The Kier molecular flexibility index (Phi) is 6.39. The highest BCUT2D eigenvalue weighted by Crippen LogP contribution is 2.16. The van der Waals surface area contributed by atoms with E-state index in [0.29, 0.717) is 24.0 Å². The third-order valence-corrected chi connectivity index (χ3v) is 4.19. The average Bonchev–Trinajstić information content (AvgIpc) is 2.79. The quantitative estimate of drug-likeness (QED) is 0.284. The zero-order valence-electron chi connectivity index (χ0n) is 16.5. The van der Waals surface area contributed by atoms with Gasteiger partial charge >= 0.3 is 0 Å². The lowest BCUT2D eigenvalue weighted by atomic mass is 10.2. The Hall–Kier alpha value is -4.33. The number of aromatic nitrogens is 3. The molecule has 0 aliphatic heterocycles. The van der Waals surface area contributed by atoms with E-state index >= 15 is 0 Å². The molecule has 0 saturated heterocycles. The monoisotopic (exact) mass is 413 g/mol. The molecule has 0 unspecified atom stereocenters. The van der Waals surface area contributed by atoms with E-state index in [1.54, 1.807) is 12.1 Å². The molecular formula is C23H20FN7. The molecule has 31 heavy (non-hydrogen) atoms. The summed E-state index contributed by atoms with van der Waals surface area (Å²) >= 11 is 0. The first kappa shape index (κ1) is 20.0. The molecule has 0 aliphatic rings. The summed E-state index contributed by atoms with van der Waals surface area (Å²) in [5.41, 5.74) is 5.34. The van der Waals surface area contributed by atoms with Gasteiger partial charge in [0.1, 0.15) is 5.82 Å². The molecule has 0 atom stereocenters. The van der Waals surface area contributed by atoms with E-state index in [0.717, 1.165) is 11.3 Å². The number of anilines is 4. The van der Waals surface area contributed by atoms with Crippen LogP contribution in [0.1, 0.15) is 11.1 Å². The van der Waals surface area contributed by atoms with Gasteiger partial charge < -0.3 is 10.6 Å². The molecule has 0 bridgehead atoms. The summed E-state index contributed by atoms with van der Waals surface area (Å²) in [6.45, 7) is 0.557. The van der Waals surface area contributed by atoms with Gasteiger partial charge in [-0.3, -0.25) is 0 Å². The molecule has 154 valence electrons. The predicted octanol–water partition coefficient (Wildman–Crippen LogP) is 4.81. The maximum atomic E-state index is 13.3. The number of para-hydroxylation sites is 1. The average molecular weight is 413 g/mol. The molecule has 8 heteroatoms. The fourth-order valence-corrected chi connectivity index (χ4v) is 2.74. The summed E-state index contributed by atoms with van der Waals surface area (Å²) in [4.78, 5) is 13.2. The van der Waals surface area contributed by atoms with Crippen molar-refractivity contribution in [1.82, 2.24) is 15.0 Å². The SMILES string of the molecule is Fc1cccc(C=NNc2nc(NCc3ccccc3)nc(Nc3ccccc3)n2)c1. The molecule has 0 aliphatic carbocycles. The van der Waals surface area contributed by atoms with Crippen molar-refractivity contribution in [3.63, 3.8) is 0 Å². The number of nitrogens with one attached hydrogen (secondary N) is 3. The van der Waals surface area contributed by atoms with Crippen LogP contribution in [0.25, 0.3) is 0 Å². The van der Waals surface area contributed by atoms with Gasteiger partial charge in [0.05, 0.1) is 6.21 Å². The van der Waals surface area contributed by atoms with Crippen LogP contribution in [0.3, 0.4) is 0 Å². The van der Waals surface area contributed by atoms with E-state index in [1.165, 1.54) is 18.3 Å². The first-order valence-electron chi connectivity index (χ1n) is 9.65. The van der Waals surface area contributed by atoms with Crippen LogP contribution in [0.15, 0.2) is 90.0 Å². The summed E-state index contributed by atoms with van der Waals surface area (Å²) in [5.74, 6) is 0.670. The second kappa shape index (κ2) is 9.93. The molecule has 0 amide bonds. The molecule has 1 heterocycles. The first-order chi connectivity index (χ1) is 15.2. The first-order valence-corrected chi connectivity index (χ1v) is 9.65. The maximum absolute atomic E-state index is 13.3. The van der Waals surface area contributed by atoms with Crippen molar-refractivity contribution in [2.45, 2.75) is 6.54 Å². The Balaban J connectivity index is 1.52. The van der Waals surface area contributed by atoms with Crippen LogP contribution < -0.4 is 16.1 Å². The predicted molar refractivity (Wildman–Crippen MR) is 121 cm³/mol. The van der Waals surface area contributed by atoms with Crippen LogP contribution >= 0.6 is 0 Å². The van der Waals surface area contributed by atoms with E-state index in [2.05, 4.69) is 36.1 Å². The van der Waals surface area contributed by atoms with Crippen molar-refractivity contribution in [3.05, 3.63) is 102 Å². The van der Waals surface area contributed by atoms with Crippen LogP contribution in [-0.2, 0) is 6.54 Å². The minimum atomic E-state index is -0.328. The largest absolute Gasteiger partial charge is 0.350 e. The highest BCUT2D eigenvalue weighted by molar-refractivity contribution is 5.79. The zero-order valence-corrected chi connectivity index (χ0v) is 16.5. The van der Waals surface area contributed by atoms with Crippen molar-refractivity contribution < 1.29 is 4.39 Å². The lowest BCUT2D eigenvalue weighted by Gasteiger charge is -2.10. The molecule has 3 N–H and O–H groups in total. The van der Waals surface area contributed by atoms with Crippen LogP contribution in [0, 0.1) is 5.82 Å². The summed E-state index contributed by atoms with van der Waals surface area (Å²) in [6, 6.07) is 25.7. The zero-order chi connectivity index (χ0) is 21.3. The van der Waals surface area contributed by atoms with Crippen molar-refractivity contribution in [1.29, 1.82) is 0 Å². The van der Waals surface area contributed by atoms with Crippen LogP contribution in [-0.4, -0.2) is 21.2 Å². The van der Waals surface area contributed by atoms with E-state index in [-0.39, 0.29) is 11.8 Å². The van der Waals surface area contributed by atoms with Gasteiger partial charge in [-0.15, -0.1) is 0 Å². The Morgan fingerprint density at radius 1 is 0.774 bits per heavy atom. The third kappa shape index (κ3) is 6.07. The standard InChI is InChI=1S/C23H20FN7/c24-19-11-7-10-18(14-19)16-26-31-23-29-21(25-15-17-8-3-1-4-9-17)28-22(30-23)27-20-12-5-2-6-13-20/h1-14,16H,15H2,(H3,25,27,28,29,30,31). The lowest BCUT2D eigenvalue weighted by molar-refractivity contribution is 0.627. The summed E-state index contributed by atoms with van der Waals surface area (Å²) in [5, 5.41) is 10.5. The summed E-state index contributed by atoms with van der Waals surface area (Å²) in [7, 11) is 0. The Labute approximate surface area is 179 Å². The number of hydrogen-bond acceptors (Lipinski definition) is 7. The van der Waals surface area contributed by atoms with Crippen molar-refractivity contribution in [3.8, 4) is 0 Å². The fourth-order valence-electron chi connectivity index (χ4n) is 2.74. The summed E-state index contributed by atoms with van der Waals surface area (Å²) < 4.78 is 13.3. The van der Waals surface area contributed by atoms with Gasteiger partial charge in [-0.2, -0.15) is 20.1 Å². The van der Waals surface area contributed by atoms with Gasteiger partial charge in [0.15, 0.2) is 0 Å². The van der Waals surface area contributed by atoms with Gasteiger partial charge in [-0.1, -0.05) is 60.7 Å². The maximum Gasteiger partial charge on any atom is 0.250 e. The molecular weight excluding hydrogens is 393 g/mol. The molecule has 0 fully saturated rings. The second-order valence-electron chi connectivity index (χ2n) is 6.56. The minimum absolute atomic E-state index is 0.247. The molecule has 0 radical (unpaired) electrons. The number of halogens is 1. The molecule has 4 aromatic rings. The topological polar surface area (TPSA) is 87.1 Å². The number of hydrazone groups is 1. The van der Waals surface area contributed by atoms with Gasteiger partial charge in [-0.05, 0) is 35.4 Å². The number of hydrogen-bond donors (Lipinski definition) is 3. The molecule has 7 nitrogen and oxygen atoms in total. The van der Waals surface area contributed by atoms with Gasteiger partial charge in [0.2, 0.25) is 17.8 Å². The van der Waals surface area contributed by atoms with Crippen molar-refractivity contribution in [2.24, 2.45) is 5.10 Å². The molecule has 4 rings (SSSR count). The summed E-state index contributed by atoms with van der Waals surface area (Å²) in [6.07, 6.45) is 1.49. The second-order valence-corrected chi connectivity index (χ2v) is 6.56. The van der Waals surface area contributed by atoms with E-state index < -0.39 is 0 Å². The Morgan fingerprint density at radius 3 is 2.26 bits per heavy atom. The molecule has 1 aromatic heterocycles. The van der Waals surface area contributed by atoms with Crippen LogP contribution in [0.4, 0.5) is 27.9 Å². The van der Waals surface area contributed by atoms with Gasteiger partial charge in [0.25, 0.3) is 0 Å². The fraction of sp³-hybridized carbons (Fsp3) is 0.0435. The van der Waals surface area contributed by atoms with Crippen molar-refractivity contribution in [2.75, 3.05) is 16.1 Å². The third-order valence-electron chi connectivity index (χ3n) is 4.19. The number of rotatable bonds is 8. The van der Waals surface area contributed by atoms with E-state index in [1.807, 2.05) is 60.7 Å². The highest BCUT2D eigenvalue weighted by Gasteiger charge is 2.07. The van der Waals surface area contributed by atoms with Gasteiger partial charge in [-0.25, -0.2) is 9.82 Å². The van der Waals surface area contributed by atoms with Gasteiger partial charge in [0, 0.05) is 12.2 Å². The molecule has 0 spiro atoms. The van der Waals surface area contributed by atoms with E-state index in [9.17, 15) is 4.39 Å². The molecule has 0 saturated carbocycles. The van der Waals surface area contributed by atoms with Crippen LogP contribution in [0.5, 0.6) is 0 Å². The minimum Gasteiger partial charge on any atom is -0.350 e. The normalized spacial score (nSPS) is 10.7. The molecule has 3 aromatic carbocycles.